The van der Waals surface area contributed by atoms with E-state index in [0.29, 0.717) is 22.5 Å². The Morgan fingerprint density at radius 2 is 1.95 bits per heavy atom. The van der Waals surface area contributed by atoms with E-state index in [0.717, 1.165) is 41.6 Å². The minimum atomic E-state index is -0.185. The normalized spacial score (nSPS) is 15.1. The van der Waals surface area contributed by atoms with Crippen molar-refractivity contribution in [2.75, 3.05) is 11.1 Å². The third kappa shape index (κ3) is 5.45. The Labute approximate surface area is 225 Å². The molecule has 4 aromatic rings. The van der Waals surface area contributed by atoms with Gasteiger partial charge in [-0.3, -0.25) is 14.2 Å². The lowest BCUT2D eigenvalue weighted by atomic mass is 9.86. The van der Waals surface area contributed by atoms with Gasteiger partial charge >= 0.3 is 0 Å². The molecule has 6 nitrogen and oxygen atoms in total. The fraction of sp³-hybridized carbons (Fsp3) is 0.345. The second-order valence-electron chi connectivity index (χ2n) is 9.57. The Morgan fingerprint density at radius 1 is 1.19 bits per heavy atom. The fourth-order valence-electron chi connectivity index (χ4n) is 4.77. The summed E-state index contributed by atoms with van der Waals surface area (Å²) in [6.07, 6.45) is 4.19. The molecule has 0 saturated carbocycles. The number of aryl methyl sites for hydroxylation is 1. The first-order valence-electron chi connectivity index (χ1n) is 12.8. The second-order valence-corrected chi connectivity index (χ2v) is 11.6. The molecule has 0 saturated heterocycles. The number of carbonyl (C=O) groups is 1. The van der Waals surface area contributed by atoms with Crippen LogP contribution in [0.5, 0.6) is 5.75 Å². The molecule has 2 heterocycles. The molecule has 1 aliphatic rings. The van der Waals surface area contributed by atoms with Gasteiger partial charge in [0.1, 0.15) is 10.6 Å². The van der Waals surface area contributed by atoms with E-state index in [1.165, 1.54) is 22.2 Å². The van der Waals surface area contributed by atoms with Gasteiger partial charge in [0.25, 0.3) is 5.56 Å². The summed E-state index contributed by atoms with van der Waals surface area (Å²) in [4.78, 5) is 33.9. The molecule has 8 heteroatoms. The summed E-state index contributed by atoms with van der Waals surface area (Å²) in [7, 11) is 0. The van der Waals surface area contributed by atoms with Crippen molar-refractivity contribution in [2.45, 2.75) is 57.7 Å². The van der Waals surface area contributed by atoms with E-state index >= 15 is 0 Å². The van der Waals surface area contributed by atoms with E-state index in [-0.39, 0.29) is 23.3 Å². The van der Waals surface area contributed by atoms with E-state index in [2.05, 4.69) is 12.2 Å². The summed E-state index contributed by atoms with van der Waals surface area (Å²) < 4.78 is 7.49. The molecule has 0 spiro atoms. The zero-order valence-corrected chi connectivity index (χ0v) is 23.0. The molecule has 1 N–H and O–H groups in total. The number of thioether (sulfide) groups is 1. The Hall–Kier alpha value is -3.10. The molecule has 0 aliphatic heterocycles. The number of amides is 1. The van der Waals surface area contributed by atoms with Crippen LogP contribution in [0, 0.1) is 5.92 Å². The number of carbonyl (C=O) groups excluding carboxylic acids is 1. The third-order valence-corrected chi connectivity index (χ3v) is 8.69. The zero-order chi connectivity index (χ0) is 25.9. The highest BCUT2D eigenvalue weighted by molar-refractivity contribution is 7.99. The smallest absolute Gasteiger partial charge is 0.267 e. The van der Waals surface area contributed by atoms with Crippen molar-refractivity contribution < 1.29 is 9.53 Å². The topological polar surface area (TPSA) is 73.2 Å². The average molecular weight is 534 g/mol. The second kappa shape index (κ2) is 11.1. The Morgan fingerprint density at radius 3 is 2.70 bits per heavy atom. The predicted molar refractivity (Wildman–Crippen MR) is 153 cm³/mol. The van der Waals surface area contributed by atoms with Crippen molar-refractivity contribution in [2.24, 2.45) is 5.92 Å². The van der Waals surface area contributed by atoms with Gasteiger partial charge in [-0.05, 0) is 68.9 Å². The summed E-state index contributed by atoms with van der Waals surface area (Å²) in [6.45, 7) is 6.13. The van der Waals surface area contributed by atoms with E-state index < -0.39 is 0 Å². The lowest BCUT2D eigenvalue weighted by Gasteiger charge is -2.20. The molecule has 1 aliphatic carbocycles. The Balaban J connectivity index is 1.47. The number of hydrogen-bond donors (Lipinski definition) is 1. The fourth-order valence-corrected chi connectivity index (χ4v) is 6.96. The highest BCUT2D eigenvalue weighted by Crippen LogP contribution is 2.38. The maximum Gasteiger partial charge on any atom is 0.267 e. The van der Waals surface area contributed by atoms with Crippen LogP contribution in [0.25, 0.3) is 15.9 Å². The number of fused-ring (bicyclic) bond motifs is 3. The van der Waals surface area contributed by atoms with Crippen LogP contribution in [0.3, 0.4) is 0 Å². The third-order valence-electron chi connectivity index (χ3n) is 6.60. The van der Waals surface area contributed by atoms with Gasteiger partial charge in [-0.1, -0.05) is 55.4 Å². The molecular weight excluding hydrogens is 502 g/mol. The maximum atomic E-state index is 13.9. The number of hydrogen-bond acceptors (Lipinski definition) is 6. The van der Waals surface area contributed by atoms with Crippen molar-refractivity contribution in [3.05, 3.63) is 75.4 Å². The molecule has 0 bridgehead atoms. The van der Waals surface area contributed by atoms with Gasteiger partial charge in [0.15, 0.2) is 5.16 Å². The number of para-hydroxylation sites is 3. The molecular formula is C29H31N3O3S2. The number of ether oxygens (including phenoxy) is 1. The summed E-state index contributed by atoms with van der Waals surface area (Å²) in [6, 6.07) is 17.0. The van der Waals surface area contributed by atoms with Crippen molar-refractivity contribution in [1.82, 2.24) is 9.55 Å². The molecule has 0 fully saturated rings. The highest BCUT2D eigenvalue weighted by atomic mass is 32.2. The van der Waals surface area contributed by atoms with Crippen molar-refractivity contribution in [3.8, 4) is 11.4 Å². The first-order valence-corrected chi connectivity index (χ1v) is 14.6. The van der Waals surface area contributed by atoms with Crippen molar-refractivity contribution in [1.29, 1.82) is 0 Å². The predicted octanol–water partition coefficient (Wildman–Crippen LogP) is 6.48. The van der Waals surface area contributed by atoms with Crippen LogP contribution >= 0.6 is 23.1 Å². The standard InChI is InChI=1S/C29H31N3O3S2/c1-4-19-14-15-21-24(16-19)37-27-26(21)28(34)32(20-10-6-5-7-11-20)29(31-27)36-17-25(33)30-22-12-8-9-13-23(22)35-18(2)3/h5-13,18-19H,4,14-17H2,1-3H3,(H,30,33)/t19-/m1/s1. The number of anilines is 1. The van der Waals surface area contributed by atoms with Crippen LogP contribution in [0.1, 0.15) is 44.1 Å². The first kappa shape index (κ1) is 25.5. The van der Waals surface area contributed by atoms with Gasteiger partial charge in [-0.25, -0.2) is 4.98 Å². The molecule has 5 rings (SSSR count). The quantitative estimate of drug-likeness (QED) is 0.207. The number of aromatic nitrogens is 2. The Bertz CT molecular complexity index is 1480. The first-order chi connectivity index (χ1) is 17.9. The minimum Gasteiger partial charge on any atom is -0.489 e. The van der Waals surface area contributed by atoms with Gasteiger partial charge in [0, 0.05) is 4.88 Å². The van der Waals surface area contributed by atoms with Gasteiger partial charge in [-0.15, -0.1) is 11.3 Å². The van der Waals surface area contributed by atoms with Gasteiger partial charge < -0.3 is 10.1 Å². The molecule has 37 heavy (non-hydrogen) atoms. The summed E-state index contributed by atoms with van der Waals surface area (Å²) in [5, 5.41) is 4.22. The highest BCUT2D eigenvalue weighted by Gasteiger charge is 2.26. The number of rotatable bonds is 8. The van der Waals surface area contributed by atoms with E-state index in [1.54, 1.807) is 15.9 Å². The van der Waals surface area contributed by atoms with E-state index in [1.807, 2.05) is 68.4 Å². The lowest BCUT2D eigenvalue weighted by Crippen LogP contribution is -2.23. The number of nitrogens with one attached hydrogen (secondary N) is 1. The number of thiophene rings is 1. The molecule has 0 unspecified atom stereocenters. The van der Waals surface area contributed by atoms with Crippen molar-refractivity contribution >= 4 is 44.9 Å². The molecule has 1 amide bonds. The van der Waals surface area contributed by atoms with Gasteiger partial charge in [0.05, 0.1) is 28.6 Å². The molecule has 192 valence electrons. The summed E-state index contributed by atoms with van der Waals surface area (Å²) >= 11 is 2.92. The molecule has 2 aromatic carbocycles. The number of nitrogens with zero attached hydrogens (tertiary/aromatic N) is 2. The van der Waals surface area contributed by atoms with Crippen LogP contribution in [-0.4, -0.2) is 27.3 Å². The monoisotopic (exact) mass is 533 g/mol. The molecule has 1 atom stereocenters. The van der Waals surface area contributed by atoms with E-state index in [4.69, 9.17) is 9.72 Å². The molecule has 0 radical (unpaired) electrons. The van der Waals surface area contributed by atoms with Crippen LogP contribution in [0.15, 0.2) is 64.5 Å². The average Bonchev–Trinajstić information content (AvgIpc) is 3.26. The van der Waals surface area contributed by atoms with Gasteiger partial charge in [-0.2, -0.15) is 0 Å². The van der Waals surface area contributed by atoms with E-state index in [9.17, 15) is 9.59 Å². The molecule has 2 aromatic heterocycles. The summed E-state index contributed by atoms with van der Waals surface area (Å²) in [5.41, 5.74) is 2.50. The minimum absolute atomic E-state index is 0.00659. The largest absolute Gasteiger partial charge is 0.489 e. The van der Waals surface area contributed by atoms with Crippen LogP contribution in [0.2, 0.25) is 0 Å². The van der Waals surface area contributed by atoms with Gasteiger partial charge in [0.2, 0.25) is 5.91 Å². The van der Waals surface area contributed by atoms with Crippen LogP contribution < -0.4 is 15.6 Å². The van der Waals surface area contributed by atoms with Crippen LogP contribution in [0.4, 0.5) is 5.69 Å². The summed E-state index contributed by atoms with van der Waals surface area (Å²) in [5.74, 6) is 1.22. The maximum absolute atomic E-state index is 13.9. The zero-order valence-electron chi connectivity index (χ0n) is 21.3. The number of benzene rings is 2. The van der Waals surface area contributed by atoms with Crippen molar-refractivity contribution in [3.63, 3.8) is 0 Å². The lowest BCUT2D eigenvalue weighted by molar-refractivity contribution is -0.113. The Kier molecular flexibility index (Phi) is 7.67. The SMILES string of the molecule is CC[C@@H]1CCc2c(sc3nc(SCC(=O)Nc4ccccc4OC(C)C)n(-c4ccccc4)c(=O)c23)C1. The van der Waals surface area contributed by atoms with Crippen LogP contribution in [-0.2, 0) is 17.6 Å².